The fourth-order valence-corrected chi connectivity index (χ4v) is 5.35. The lowest BCUT2D eigenvalue weighted by Crippen LogP contribution is -2.29. The van der Waals surface area contributed by atoms with Crippen LogP contribution in [-0.4, -0.2) is 40.4 Å². The molecule has 0 saturated carbocycles. The second-order valence-corrected chi connectivity index (χ2v) is 9.32. The molecule has 4 aromatic rings. The molecule has 1 saturated heterocycles. The van der Waals surface area contributed by atoms with Crippen LogP contribution >= 0.6 is 11.3 Å². The number of aliphatic hydroxyl groups excluding tert-OH is 1. The molecule has 11 heteroatoms. The number of aromatic nitrogens is 1. The van der Waals surface area contributed by atoms with E-state index in [0.29, 0.717) is 28.3 Å². The molecule has 1 fully saturated rings. The summed E-state index contributed by atoms with van der Waals surface area (Å²) in [4.78, 5) is 43.5. The molecular formula is C27H21N3O7S. The number of nitro groups is 1. The van der Waals surface area contributed by atoms with E-state index < -0.39 is 28.4 Å². The minimum atomic E-state index is -1.16. The van der Waals surface area contributed by atoms with Crippen molar-refractivity contribution in [2.75, 3.05) is 18.6 Å². The third kappa shape index (κ3) is 4.33. The van der Waals surface area contributed by atoms with Crippen LogP contribution in [0, 0.1) is 10.1 Å². The van der Waals surface area contributed by atoms with Crippen molar-refractivity contribution in [1.82, 2.24) is 4.98 Å². The Labute approximate surface area is 220 Å². The van der Waals surface area contributed by atoms with Gasteiger partial charge < -0.3 is 14.6 Å². The highest BCUT2D eigenvalue weighted by molar-refractivity contribution is 7.22. The molecule has 0 aliphatic carbocycles. The maximum absolute atomic E-state index is 13.4. The number of carbonyl (C=O) groups is 2. The molecule has 1 amide bonds. The molecule has 0 spiro atoms. The fraction of sp³-hybridized carbons (Fsp3) is 0.148. The first-order chi connectivity index (χ1) is 18.3. The average Bonchev–Trinajstić information content (AvgIpc) is 3.46. The normalized spacial score (nSPS) is 16.7. The molecule has 1 aromatic heterocycles. The SMILES string of the molecule is CCOc1cccc(C(O)=C2C(=O)C(=O)N(c3nc4ccc(OC)cc4s3)C2c2cccc([N+](=O)[O-])c2)c1. The van der Waals surface area contributed by atoms with E-state index in [1.54, 1.807) is 48.5 Å². The number of nitro benzene ring substituents is 1. The zero-order valence-corrected chi connectivity index (χ0v) is 21.1. The maximum Gasteiger partial charge on any atom is 0.301 e. The Morgan fingerprint density at radius 3 is 2.63 bits per heavy atom. The number of hydrogen-bond acceptors (Lipinski definition) is 9. The molecule has 38 heavy (non-hydrogen) atoms. The highest BCUT2D eigenvalue weighted by atomic mass is 32.1. The number of non-ortho nitro benzene ring substituents is 1. The van der Waals surface area contributed by atoms with E-state index in [1.807, 2.05) is 6.92 Å². The minimum absolute atomic E-state index is 0.203. The van der Waals surface area contributed by atoms with Gasteiger partial charge in [-0.3, -0.25) is 24.6 Å². The van der Waals surface area contributed by atoms with Gasteiger partial charge in [0, 0.05) is 17.7 Å². The Morgan fingerprint density at radius 2 is 1.89 bits per heavy atom. The molecule has 192 valence electrons. The van der Waals surface area contributed by atoms with Crippen molar-refractivity contribution in [2.45, 2.75) is 13.0 Å². The Bertz CT molecular complexity index is 1630. The van der Waals surface area contributed by atoms with Crippen LogP contribution < -0.4 is 14.4 Å². The number of aliphatic hydroxyl groups is 1. The van der Waals surface area contributed by atoms with Gasteiger partial charge in [-0.05, 0) is 42.8 Å². The number of amides is 1. The molecule has 0 radical (unpaired) electrons. The lowest BCUT2D eigenvalue weighted by Gasteiger charge is -2.22. The standard InChI is InChI=1S/C27H21N3O7S/c1-3-37-19-9-5-7-16(13-19)24(31)22-23(15-6-4-8-17(12-15)30(34)35)29(26(33)25(22)32)27-28-20-11-10-18(36-2)14-21(20)38-27/h4-14,23,31H,3H2,1-2H3. The Morgan fingerprint density at radius 1 is 1.11 bits per heavy atom. The number of ether oxygens (including phenoxy) is 2. The lowest BCUT2D eigenvalue weighted by atomic mass is 9.95. The molecule has 1 aliphatic heterocycles. The van der Waals surface area contributed by atoms with E-state index in [9.17, 15) is 24.8 Å². The molecule has 10 nitrogen and oxygen atoms in total. The number of anilines is 1. The van der Waals surface area contributed by atoms with Crippen molar-refractivity contribution >= 4 is 49.8 Å². The van der Waals surface area contributed by atoms with Gasteiger partial charge in [-0.2, -0.15) is 0 Å². The van der Waals surface area contributed by atoms with Crippen molar-refractivity contribution < 1.29 is 29.1 Å². The number of thiazole rings is 1. The number of fused-ring (bicyclic) bond motifs is 1. The summed E-state index contributed by atoms with van der Waals surface area (Å²) in [7, 11) is 1.53. The van der Waals surface area contributed by atoms with Crippen LogP contribution in [0.4, 0.5) is 10.8 Å². The average molecular weight is 532 g/mol. The molecule has 1 N–H and O–H groups in total. The minimum Gasteiger partial charge on any atom is -0.507 e. The van der Waals surface area contributed by atoms with Crippen LogP contribution in [0.25, 0.3) is 16.0 Å². The summed E-state index contributed by atoms with van der Waals surface area (Å²) in [5.74, 6) is -1.20. The lowest BCUT2D eigenvalue weighted by molar-refractivity contribution is -0.384. The van der Waals surface area contributed by atoms with Crippen LogP contribution in [0.3, 0.4) is 0 Å². The monoisotopic (exact) mass is 531 g/mol. The molecule has 2 heterocycles. The largest absolute Gasteiger partial charge is 0.507 e. The molecule has 1 unspecified atom stereocenters. The van der Waals surface area contributed by atoms with Crippen molar-refractivity contribution in [1.29, 1.82) is 0 Å². The number of carbonyl (C=O) groups excluding carboxylic acids is 2. The Balaban J connectivity index is 1.72. The first kappa shape index (κ1) is 24.9. The van der Waals surface area contributed by atoms with E-state index in [4.69, 9.17) is 9.47 Å². The number of rotatable bonds is 7. The molecular weight excluding hydrogens is 510 g/mol. The Kier molecular flexibility index (Phi) is 6.52. The summed E-state index contributed by atoms with van der Waals surface area (Å²) in [6, 6.07) is 16.2. The van der Waals surface area contributed by atoms with Gasteiger partial charge in [0.25, 0.3) is 11.5 Å². The summed E-state index contributed by atoms with van der Waals surface area (Å²) in [5.41, 5.74) is 0.688. The van der Waals surface area contributed by atoms with Gasteiger partial charge in [-0.15, -0.1) is 0 Å². The maximum atomic E-state index is 13.4. The summed E-state index contributed by atoms with van der Waals surface area (Å²) in [6.45, 7) is 2.21. The van der Waals surface area contributed by atoms with Crippen molar-refractivity contribution in [3.05, 3.63) is 93.5 Å². The predicted molar refractivity (Wildman–Crippen MR) is 142 cm³/mol. The summed E-state index contributed by atoms with van der Waals surface area (Å²) in [5, 5.41) is 23.1. The number of hydrogen-bond donors (Lipinski definition) is 1. The first-order valence-corrected chi connectivity index (χ1v) is 12.4. The summed E-state index contributed by atoms with van der Waals surface area (Å²) >= 11 is 1.16. The number of methoxy groups -OCH3 is 1. The van der Waals surface area contributed by atoms with Crippen LogP contribution in [-0.2, 0) is 9.59 Å². The molecule has 1 aliphatic rings. The van der Waals surface area contributed by atoms with Gasteiger partial charge in [0.2, 0.25) is 0 Å². The highest BCUT2D eigenvalue weighted by Crippen LogP contribution is 2.45. The van der Waals surface area contributed by atoms with Gasteiger partial charge in [0.1, 0.15) is 17.3 Å². The first-order valence-electron chi connectivity index (χ1n) is 11.6. The van der Waals surface area contributed by atoms with Gasteiger partial charge in [-0.25, -0.2) is 4.98 Å². The van der Waals surface area contributed by atoms with Gasteiger partial charge >= 0.3 is 5.91 Å². The third-order valence-corrected chi connectivity index (χ3v) is 7.07. The Hall–Kier alpha value is -4.77. The van der Waals surface area contributed by atoms with E-state index in [2.05, 4.69) is 4.98 Å². The van der Waals surface area contributed by atoms with Crippen molar-refractivity contribution in [2.24, 2.45) is 0 Å². The van der Waals surface area contributed by atoms with Crippen LogP contribution in [0.1, 0.15) is 24.1 Å². The number of ketones is 1. The zero-order valence-electron chi connectivity index (χ0n) is 20.3. The second kappa shape index (κ2) is 9.94. The summed E-state index contributed by atoms with van der Waals surface area (Å²) in [6.07, 6.45) is 0. The van der Waals surface area contributed by atoms with E-state index >= 15 is 0 Å². The molecule has 1 atom stereocenters. The molecule has 5 rings (SSSR count). The third-order valence-electron chi connectivity index (χ3n) is 6.05. The van der Waals surface area contributed by atoms with Gasteiger partial charge in [0.15, 0.2) is 5.13 Å². The second-order valence-electron chi connectivity index (χ2n) is 8.31. The summed E-state index contributed by atoms with van der Waals surface area (Å²) < 4.78 is 11.5. The number of Topliss-reactive ketones (excluding diaryl/α,β-unsaturated/α-hetero) is 1. The highest BCUT2D eigenvalue weighted by Gasteiger charge is 2.48. The quantitative estimate of drug-likeness (QED) is 0.113. The number of nitrogens with zero attached hydrogens (tertiary/aromatic N) is 3. The van der Waals surface area contributed by atoms with Gasteiger partial charge in [-0.1, -0.05) is 35.6 Å². The molecule has 0 bridgehead atoms. The fourth-order valence-electron chi connectivity index (χ4n) is 4.33. The zero-order chi connectivity index (χ0) is 27.0. The van der Waals surface area contributed by atoms with E-state index in [1.165, 1.54) is 30.2 Å². The van der Waals surface area contributed by atoms with Crippen molar-refractivity contribution in [3.63, 3.8) is 0 Å². The topological polar surface area (TPSA) is 132 Å². The predicted octanol–water partition coefficient (Wildman–Crippen LogP) is 5.24. The van der Waals surface area contributed by atoms with Crippen LogP contribution in [0.15, 0.2) is 72.3 Å². The van der Waals surface area contributed by atoms with Crippen molar-refractivity contribution in [3.8, 4) is 11.5 Å². The van der Waals surface area contributed by atoms with Crippen LogP contribution in [0.5, 0.6) is 11.5 Å². The van der Waals surface area contributed by atoms with Crippen LogP contribution in [0.2, 0.25) is 0 Å². The molecule has 3 aromatic carbocycles. The smallest absolute Gasteiger partial charge is 0.301 e. The number of benzene rings is 3. The van der Waals surface area contributed by atoms with E-state index in [0.717, 1.165) is 11.3 Å². The van der Waals surface area contributed by atoms with Gasteiger partial charge in [0.05, 0.1) is 40.5 Å². The van der Waals surface area contributed by atoms with E-state index in [-0.39, 0.29) is 27.5 Å².